The Bertz CT molecular complexity index is 919. The minimum Gasteiger partial charge on any atom is -0.338 e. The number of amides is 1. The summed E-state index contributed by atoms with van der Waals surface area (Å²) in [6, 6.07) is 4.91. The Labute approximate surface area is 157 Å². The zero-order chi connectivity index (χ0) is 18.1. The van der Waals surface area contributed by atoms with Crippen LogP contribution < -0.4 is 17.0 Å². The summed E-state index contributed by atoms with van der Waals surface area (Å²) in [7, 11) is 0. The number of carbonyl (C=O) groups excluding carboxylic acids is 1. The first-order chi connectivity index (χ1) is 11.9. The third-order valence-electron chi connectivity index (χ3n) is 5.03. The molecule has 1 amide bonds. The second-order valence-electron chi connectivity index (χ2n) is 6.75. The number of H-pyrrole nitrogens is 1. The topological polar surface area (TPSA) is 101 Å². The Balaban J connectivity index is 0.00000243. The van der Waals surface area contributed by atoms with Gasteiger partial charge in [0, 0.05) is 31.2 Å². The molecule has 2 heterocycles. The monoisotopic (exact) mass is 380 g/mol. The van der Waals surface area contributed by atoms with Gasteiger partial charge in [0.15, 0.2) is 0 Å². The van der Waals surface area contributed by atoms with Crippen LogP contribution in [0.2, 0.25) is 0 Å². The Morgan fingerprint density at radius 3 is 2.77 bits per heavy atom. The number of hydrogen-bond acceptors (Lipinski definition) is 4. The fraction of sp³-hybridized carbons (Fsp3) is 0.500. The molecule has 0 bridgehead atoms. The number of piperidine rings is 1. The van der Waals surface area contributed by atoms with E-state index in [1.807, 2.05) is 11.8 Å². The van der Waals surface area contributed by atoms with Gasteiger partial charge >= 0.3 is 5.69 Å². The lowest BCUT2D eigenvalue weighted by Crippen LogP contribution is -2.45. The molecule has 0 aliphatic carbocycles. The molecule has 8 heteroatoms. The molecule has 1 aliphatic heterocycles. The van der Waals surface area contributed by atoms with Gasteiger partial charge in [-0.3, -0.25) is 14.2 Å². The van der Waals surface area contributed by atoms with Crippen molar-refractivity contribution < 1.29 is 4.79 Å². The summed E-state index contributed by atoms with van der Waals surface area (Å²) in [6.07, 6.45) is 1.96. The van der Waals surface area contributed by atoms with Crippen LogP contribution in [0.3, 0.4) is 0 Å². The molecular formula is C18H25ClN4O3. The van der Waals surface area contributed by atoms with Gasteiger partial charge < -0.3 is 15.6 Å². The van der Waals surface area contributed by atoms with Crippen molar-refractivity contribution in [1.29, 1.82) is 0 Å². The van der Waals surface area contributed by atoms with E-state index in [4.69, 9.17) is 5.73 Å². The molecule has 1 aliphatic rings. The summed E-state index contributed by atoms with van der Waals surface area (Å²) in [5, 5.41) is 0.408. The van der Waals surface area contributed by atoms with Crippen molar-refractivity contribution in [1.82, 2.24) is 14.5 Å². The van der Waals surface area contributed by atoms with Crippen molar-refractivity contribution in [3.63, 3.8) is 0 Å². The molecule has 1 fully saturated rings. The maximum absolute atomic E-state index is 12.8. The second-order valence-corrected chi connectivity index (χ2v) is 6.75. The number of nitrogens with one attached hydrogen (secondary N) is 1. The maximum atomic E-state index is 12.8. The molecule has 0 spiro atoms. The summed E-state index contributed by atoms with van der Waals surface area (Å²) in [5.41, 5.74) is 6.06. The summed E-state index contributed by atoms with van der Waals surface area (Å²) < 4.78 is 1.14. The van der Waals surface area contributed by atoms with Crippen LogP contribution in [-0.4, -0.2) is 39.5 Å². The summed E-state index contributed by atoms with van der Waals surface area (Å²) in [4.78, 5) is 41.6. The number of aromatic amines is 1. The normalized spacial score (nSPS) is 18.4. The molecule has 26 heavy (non-hydrogen) atoms. The molecule has 7 nitrogen and oxygen atoms in total. The molecule has 1 aromatic carbocycles. The maximum Gasteiger partial charge on any atom is 0.328 e. The first-order valence-electron chi connectivity index (χ1n) is 8.74. The number of nitrogens with two attached hydrogens (primary N) is 1. The predicted octanol–water partition coefficient (Wildman–Crippen LogP) is 1.33. The molecule has 2 aromatic rings. The minimum absolute atomic E-state index is 0. The number of fused-ring (bicyclic) bond motifs is 1. The van der Waals surface area contributed by atoms with Gasteiger partial charge in [-0.15, -0.1) is 12.4 Å². The van der Waals surface area contributed by atoms with Gasteiger partial charge in [-0.05, 0) is 50.8 Å². The first-order valence-corrected chi connectivity index (χ1v) is 8.74. The highest BCUT2D eigenvalue weighted by molar-refractivity contribution is 5.97. The quantitative estimate of drug-likeness (QED) is 0.838. The van der Waals surface area contributed by atoms with Crippen molar-refractivity contribution in [3.8, 4) is 0 Å². The number of rotatable bonds is 3. The molecule has 0 radical (unpaired) electrons. The van der Waals surface area contributed by atoms with Crippen LogP contribution in [0.5, 0.6) is 0 Å². The number of carbonyl (C=O) groups is 1. The third kappa shape index (κ3) is 3.68. The molecule has 1 aromatic heterocycles. The highest BCUT2D eigenvalue weighted by Crippen LogP contribution is 2.21. The highest BCUT2D eigenvalue weighted by Gasteiger charge is 2.26. The summed E-state index contributed by atoms with van der Waals surface area (Å²) in [5.74, 6) is 0.211. The number of nitrogens with zero attached hydrogens (tertiary/aromatic N) is 2. The molecule has 3 rings (SSSR count). The lowest BCUT2D eigenvalue weighted by Gasteiger charge is -2.34. The predicted molar refractivity (Wildman–Crippen MR) is 104 cm³/mol. The van der Waals surface area contributed by atoms with Crippen LogP contribution in [0.1, 0.15) is 37.0 Å². The number of hydrogen-bond donors (Lipinski definition) is 2. The lowest BCUT2D eigenvalue weighted by atomic mass is 9.92. The van der Waals surface area contributed by atoms with Gasteiger partial charge in [0.25, 0.3) is 11.5 Å². The number of likely N-dealkylation sites (tertiary alicyclic amines) is 1. The second kappa shape index (κ2) is 8.05. The van der Waals surface area contributed by atoms with E-state index >= 15 is 0 Å². The van der Waals surface area contributed by atoms with Crippen LogP contribution in [0.15, 0.2) is 27.8 Å². The van der Waals surface area contributed by atoms with E-state index in [2.05, 4.69) is 4.98 Å². The zero-order valence-corrected chi connectivity index (χ0v) is 15.8. The Kier molecular flexibility index (Phi) is 6.26. The highest BCUT2D eigenvalue weighted by atomic mass is 35.5. The van der Waals surface area contributed by atoms with Crippen LogP contribution in [0, 0.1) is 5.92 Å². The average molecular weight is 381 g/mol. The van der Waals surface area contributed by atoms with Crippen molar-refractivity contribution in [3.05, 3.63) is 44.6 Å². The van der Waals surface area contributed by atoms with Gasteiger partial charge in [-0.1, -0.05) is 0 Å². The van der Waals surface area contributed by atoms with Gasteiger partial charge in [-0.2, -0.15) is 0 Å². The number of halogens is 1. The largest absolute Gasteiger partial charge is 0.338 e. The van der Waals surface area contributed by atoms with Gasteiger partial charge in [0.2, 0.25) is 0 Å². The van der Waals surface area contributed by atoms with E-state index in [0.717, 1.165) is 17.4 Å². The van der Waals surface area contributed by atoms with Crippen LogP contribution in [0.25, 0.3) is 10.9 Å². The van der Waals surface area contributed by atoms with E-state index in [9.17, 15) is 14.4 Å². The van der Waals surface area contributed by atoms with E-state index in [1.54, 1.807) is 25.1 Å². The fourth-order valence-corrected chi connectivity index (χ4v) is 3.48. The standard InChI is InChI=1S/C18H24N4O3.ClH/c1-3-22-17(24)14-7-6-12(9-15(14)20-18(22)25)16(23)21-8-4-5-13(10-21)11(2)19;/h6-7,9,11,13H,3-5,8,10,19H2,1-2H3,(H,20,25);1H. The van der Waals surface area contributed by atoms with Crippen LogP contribution >= 0.6 is 12.4 Å². The van der Waals surface area contributed by atoms with Crippen molar-refractivity contribution >= 4 is 29.2 Å². The van der Waals surface area contributed by atoms with E-state index < -0.39 is 5.69 Å². The van der Waals surface area contributed by atoms with Crippen LogP contribution in [0.4, 0.5) is 0 Å². The number of benzene rings is 1. The molecule has 2 unspecified atom stereocenters. The Morgan fingerprint density at radius 1 is 1.38 bits per heavy atom. The average Bonchev–Trinajstić information content (AvgIpc) is 2.61. The summed E-state index contributed by atoms with van der Waals surface area (Å²) >= 11 is 0. The Morgan fingerprint density at radius 2 is 2.12 bits per heavy atom. The SMILES string of the molecule is CCn1c(=O)[nH]c2cc(C(=O)N3CCCC(C(C)N)C3)ccc2c1=O.Cl. The first kappa shape index (κ1) is 20.2. The lowest BCUT2D eigenvalue weighted by molar-refractivity contribution is 0.0661. The summed E-state index contributed by atoms with van der Waals surface area (Å²) in [6.45, 7) is 5.36. The molecular weight excluding hydrogens is 356 g/mol. The molecule has 142 valence electrons. The smallest absolute Gasteiger partial charge is 0.328 e. The van der Waals surface area contributed by atoms with E-state index in [-0.39, 0.29) is 29.9 Å². The van der Waals surface area contributed by atoms with E-state index in [0.29, 0.717) is 42.0 Å². The van der Waals surface area contributed by atoms with Gasteiger partial charge in [-0.25, -0.2) is 4.79 Å². The number of aromatic nitrogens is 2. The minimum atomic E-state index is -0.459. The van der Waals surface area contributed by atoms with E-state index in [1.165, 1.54) is 0 Å². The molecule has 3 N–H and O–H groups in total. The van der Waals surface area contributed by atoms with Crippen molar-refractivity contribution in [2.24, 2.45) is 11.7 Å². The Hall–Kier alpha value is -2.12. The fourth-order valence-electron chi connectivity index (χ4n) is 3.48. The van der Waals surface area contributed by atoms with Crippen LogP contribution in [-0.2, 0) is 6.54 Å². The molecule has 2 atom stereocenters. The van der Waals surface area contributed by atoms with Crippen molar-refractivity contribution in [2.45, 2.75) is 39.3 Å². The molecule has 1 saturated heterocycles. The third-order valence-corrected chi connectivity index (χ3v) is 5.03. The van der Waals surface area contributed by atoms with Gasteiger partial charge in [0.05, 0.1) is 10.9 Å². The molecule has 0 saturated carbocycles. The van der Waals surface area contributed by atoms with Crippen molar-refractivity contribution in [2.75, 3.05) is 13.1 Å². The zero-order valence-electron chi connectivity index (χ0n) is 15.0. The van der Waals surface area contributed by atoms with Gasteiger partial charge in [0.1, 0.15) is 0 Å².